The van der Waals surface area contributed by atoms with E-state index in [-0.39, 0.29) is 6.10 Å². The van der Waals surface area contributed by atoms with Crippen molar-refractivity contribution in [3.05, 3.63) is 23.8 Å². The molecule has 1 aromatic rings. The minimum atomic E-state index is -0.506. The maximum atomic E-state index is 10.3. The predicted molar refractivity (Wildman–Crippen MR) is 96.8 cm³/mol. The highest BCUT2D eigenvalue weighted by atomic mass is 16.5. The van der Waals surface area contributed by atoms with Crippen LogP contribution < -0.4 is 9.47 Å². The number of hydrogen-bond donors (Lipinski definition) is 1. The first-order valence-electron chi connectivity index (χ1n) is 8.65. The van der Waals surface area contributed by atoms with Gasteiger partial charge in [0.05, 0.1) is 33.0 Å². The smallest absolute Gasteiger partial charge is 0.122 e. The van der Waals surface area contributed by atoms with Crippen molar-refractivity contribution in [2.24, 2.45) is 0 Å². The number of nitrogens with zero attached hydrogens (tertiary/aromatic N) is 1. The van der Waals surface area contributed by atoms with E-state index < -0.39 is 6.10 Å². The first-order chi connectivity index (χ1) is 11.4. The van der Waals surface area contributed by atoms with Crippen molar-refractivity contribution in [2.75, 3.05) is 27.4 Å². The predicted octanol–water partition coefficient (Wildman–Crippen LogP) is 3.09. The third-order valence-corrected chi connectivity index (χ3v) is 4.08. The molecule has 0 saturated heterocycles. The van der Waals surface area contributed by atoms with Crippen LogP contribution in [-0.2, 0) is 11.3 Å². The van der Waals surface area contributed by atoms with Crippen LogP contribution in [0.25, 0.3) is 0 Å². The maximum absolute atomic E-state index is 10.3. The summed E-state index contributed by atoms with van der Waals surface area (Å²) in [5.74, 6) is 1.55. The molecule has 5 nitrogen and oxygen atoms in total. The Labute approximate surface area is 146 Å². The van der Waals surface area contributed by atoms with Crippen molar-refractivity contribution in [3.8, 4) is 11.5 Å². The van der Waals surface area contributed by atoms with Crippen molar-refractivity contribution in [3.63, 3.8) is 0 Å². The molecule has 0 aliphatic heterocycles. The van der Waals surface area contributed by atoms with Crippen LogP contribution in [0.5, 0.6) is 11.5 Å². The van der Waals surface area contributed by atoms with Crippen LogP contribution in [0.15, 0.2) is 18.2 Å². The molecule has 2 atom stereocenters. The van der Waals surface area contributed by atoms with E-state index >= 15 is 0 Å². The van der Waals surface area contributed by atoms with Crippen molar-refractivity contribution < 1.29 is 19.3 Å². The Kier molecular flexibility index (Phi) is 9.11. The molecule has 0 saturated carbocycles. The molecule has 0 fully saturated rings. The third-order valence-electron chi connectivity index (χ3n) is 4.08. The topological polar surface area (TPSA) is 51.2 Å². The maximum Gasteiger partial charge on any atom is 0.122 e. The Hall–Kier alpha value is -1.30. The molecule has 138 valence electrons. The molecule has 0 aromatic heterocycles. The van der Waals surface area contributed by atoms with Crippen LogP contribution in [0.2, 0.25) is 0 Å². The van der Waals surface area contributed by atoms with Crippen LogP contribution in [0.4, 0.5) is 0 Å². The molecule has 0 heterocycles. The third kappa shape index (κ3) is 7.07. The van der Waals surface area contributed by atoms with Crippen molar-refractivity contribution in [1.29, 1.82) is 0 Å². The zero-order valence-electron chi connectivity index (χ0n) is 15.9. The van der Waals surface area contributed by atoms with Crippen molar-refractivity contribution in [1.82, 2.24) is 4.90 Å². The number of ether oxygens (including phenoxy) is 3. The molecular weight excluding hydrogens is 306 g/mol. The van der Waals surface area contributed by atoms with Gasteiger partial charge in [0.15, 0.2) is 0 Å². The summed E-state index contributed by atoms with van der Waals surface area (Å²) >= 11 is 0. The van der Waals surface area contributed by atoms with Crippen molar-refractivity contribution >= 4 is 0 Å². The van der Waals surface area contributed by atoms with Crippen LogP contribution in [-0.4, -0.2) is 55.6 Å². The van der Waals surface area contributed by atoms with E-state index in [9.17, 15) is 5.11 Å². The molecule has 2 unspecified atom stereocenters. The second-order valence-electron chi connectivity index (χ2n) is 6.44. The molecule has 24 heavy (non-hydrogen) atoms. The number of rotatable bonds is 11. The second-order valence-corrected chi connectivity index (χ2v) is 6.44. The van der Waals surface area contributed by atoms with Gasteiger partial charge in [0.1, 0.15) is 11.5 Å². The lowest BCUT2D eigenvalue weighted by Gasteiger charge is -2.31. The van der Waals surface area contributed by atoms with Gasteiger partial charge in [-0.1, -0.05) is 6.92 Å². The quantitative estimate of drug-likeness (QED) is 0.671. The Bertz CT molecular complexity index is 456. The molecule has 0 aliphatic carbocycles. The molecule has 0 spiro atoms. The van der Waals surface area contributed by atoms with E-state index in [1.54, 1.807) is 14.2 Å². The van der Waals surface area contributed by atoms with Crippen LogP contribution in [0.1, 0.15) is 39.7 Å². The highest BCUT2D eigenvalue weighted by molar-refractivity contribution is 5.38. The Balaban J connectivity index is 2.82. The highest BCUT2D eigenvalue weighted by Crippen LogP contribution is 2.24. The van der Waals surface area contributed by atoms with E-state index in [0.717, 1.165) is 30.0 Å². The number of aliphatic hydroxyl groups excluding tert-OH is 1. The summed E-state index contributed by atoms with van der Waals surface area (Å²) in [5.41, 5.74) is 1.10. The van der Waals surface area contributed by atoms with Gasteiger partial charge in [-0.15, -0.1) is 0 Å². The Morgan fingerprint density at radius 1 is 1.04 bits per heavy atom. The Morgan fingerprint density at radius 3 is 2.08 bits per heavy atom. The average molecular weight is 339 g/mol. The van der Waals surface area contributed by atoms with E-state index in [1.807, 2.05) is 32.0 Å². The minimum Gasteiger partial charge on any atom is -0.497 e. The van der Waals surface area contributed by atoms with Gasteiger partial charge in [0.2, 0.25) is 0 Å². The van der Waals surface area contributed by atoms with E-state index in [2.05, 4.69) is 18.7 Å². The van der Waals surface area contributed by atoms with Gasteiger partial charge in [-0.3, -0.25) is 4.90 Å². The van der Waals surface area contributed by atoms with Gasteiger partial charge in [-0.2, -0.15) is 0 Å². The fourth-order valence-electron chi connectivity index (χ4n) is 2.48. The summed E-state index contributed by atoms with van der Waals surface area (Å²) in [6, 6.07) is 6.24. The molecular formula is C19H33NO4. The number of aliphatic hydroxyl groups is 1. The van der Waals surface area contributed by atoms with E-state index in [1.165, 1.54) is 0 Å². The number of methoxy groups -OCH3 is 2. The fourth-order valence-corrected chi connectivity index (χ4v) is 2.48. The normalized spacial score (nSPS) is 14.0. The zero-order chi connectivity index (χ0) is 18.1. The first kappa shape index (κ1) is 20.7. The lowest BCUT2D eigenvalue weighted by atomic mass is 10.1. The van der Waals surface area contributed by atoms with E-state index in [0.29, 0.717) is 19.2 Å². The van der Waals surface area contributed by atoms with Gasteiger partial charge in [0, 0.05) is 25.2 Å². The lowest BCUT2D eigenvalue weighted by Crippen LogP contribution is -2.40. The zero-order valence-corrected chi connectivity index (χ0v) is 15.9. The molecule has 0 aliphatic rings. The first-order valence-corrected chi connectivity index (χ1v) is 8.65. The molecule has 0 bridgehead atoms. The SMILES string of the molecule is CCC(C)N(Cc1cc(OC)cc(OC)c1)CC(O)COC(C)C. The second kappa shape index (κ2) is 10.5. The summed E-state index contributed by atoms with van der Waals surface area (Å²) in [6.45, 7) is 9.92. The van der Waals surface area contributed by atoms with Crippen molar-refractivity contribution in [2.45, 2.75) is 58.9 Å². The molecule has 0 radical (unpaired) electrons. The van der Waals surface area contributed by atoms with Gasteiger partial charge in [-0.05, 0) is 44.9 Å². The highest BCUT2D eigenvalue weighted by Gasteiger charge is 2.18. The molecule has 5 heteroatoms. The largest absolute Gasteiger partial charge is 0.497 e. The number of benzene rings is 1. The van der Waals surface area contributed by atoms with Crippen LogP contribution >= 0.6 is 0 Å². The Morgan fingerprint density at radius 2 is 1.62 bits per heavy atom. The van der Waals surface area contributed by atoms with Gasteiger partial charge >= 0.3 is 0 Å². The summed E-state index contributed by atoms with van der Waals surface area (Å²) in [5, 5.41) is 10.3. The fraction of sp³-hybridized carbons (Fsp3) is 0.684. The lowest BCUT2D eigenvalue weighted by molar-refractivity contribution is -0.0149. The standard InChI is InChI=1S/C19H33NO4/c1-7-15(4)20(12-17(21)13-24-14(2)3)11-16-8-18(22-5)10-19(9-16)23-6/h8-10,14-15,17,21H,7,11-13H2,1-6H3. The number of hydrogen-bond acceptors (Lipinski definition) is 5. The molecule has 1 aromatic carbocycles. The van der Waals surface area contributed by atoms with Crippen LogP contribution in [0.3, 0.4) is 0 Å². The van der Waals surface area contributed by atoms with E-state index in [4.69, 9.17) is 14.2 Å². The minimum absolute atomic E-state index is 0.124. The van der Waals surface area contributed by atoms with Crippen LogP contribution in [0, 0.1) is 0 Å². The molecule has 0 amide bonds. The molecule has 1 N–H and O–H groups in total. The van der Waals surface area contributed by atoms with Gasteiger partial charge in [0.25, 0.3) is 0 Å². The molecule has 1 rings (SSSR count). The monoisotopic (exact) mass is 339 g/mol. The van der Waals surface area contributed by atoms with Gasteiger partial charge in [-0.25, -0.2) is 0 Å². The summed E-state index contributed by atoms with van der Waals surface area (Å²) < 4.78 is 16.2. The average Bonchev–Trinajstić information content (AvgIpc) is 2.58. The van der Waals surface area contributed by atoms with Gasteiger partial charge < -0.3 is 19.3 Å². The summed E-state index contributed by atoms with van der Waals surface area (Å²) in [7, 11) is 3.30. The summed E-state index contributed by atoms with van der Waals surface area (Å²) in [4.78, 5) is 2.27. The summed E-state index contributed by atoms with van der Waals surface area (Å²) in [6.07, 6.45) is 0.632.